The Morgan fingerprint density at radius 3 is 1.11 bits per heavy atom. The van der Waals surface area contributed by atoms with Gasteiger partial charge in [0.2, 0.25) is 0 Å². The second-order valence-electron chi connectivity index (χ2n) is 5.10. The lowest BCUT2D eigenvalue weighted by Crippen LogP contribution is -2.62. The van der Waals surface area contributed by atoms with Crippen LogP contribution in [-0.4, -0.2) is 41.7 Å². The first kappa shape index (κ1) is 25.8. The number of hydrogen-bond acceptors (Lipinski definition) is 0. The summed E-state index contributed by atoms with van der Waals surface area (Å²) in [5.74, 6) is -41.7. The highest BCUT2D eigenvalue weighted by molar-refractivity contribution is 5.04. The highest BCUT2D eigenvalue weighted by atomic mass is 19.4. The molecule has 0 aliphatic carbocycles. The molecule has 0 aromatic heterocycles. The van der Waals surface area contributed by atoms with Crippen LogP contribution in [0.3, 0.4) is 0 Å². The monoisotopic (exact) mass is 447 g/mol. The van der Waals surface area contributed by atoms with E-state index in [9.17, 15) is 74.6 Å². The predicted octanol–water partition coefficient (Wildman–Crippen LogP) is 6.57. The third-order valence-corrected chi connectivity index (χ3v) is 2.87. The molecule has 0 fully saturated rings. The van der Waals surface area contributed by atoms with Gasteiger partial charge in [0.05, 0.1) is 12.8 Å². The molecule has 0 aromatic rings. The molecule has 0 bridgehead atoms. The van der Waals surface area contributed by atoms with Gasteiger partial charge in [0, 0.05) is 0 Å². The maximum Gasteiger partial charge on any atom is 0.460 e. The standard InChI is InChI=1S/C10H4F17/c11-3(12)7(19,20)5(15,16)1-4(13,14)2-6(17,18)8(21,22)9(23,24)10(25,26)27/h1-2H2. The van der Waals surface area contributed by atoms with Crippen molar-refractivity contribution >= 4 is 0 Å². The Balaban J connectivity index is 5.79. The van der Waals surface area contributed by atoms with Gasteiger partial charge in [-0.05, 0) is 0 Å². The first-order valence-corrected chi connectivity index (χ1v) is 5.88. The van der Waals surface area contributed by atoms with E-state index in [1.165, 1.54) is 0 Å². The molecule has 0 aliphatic heterocycles. The molecule has 17 heteroatoms. The second kappa shape index (κ2) is 6.70. The van der Waals surface area contributed by atoms with Crippen molar-refractivity contribution in [2.24, 2.45) is 0 Å². The summed E-state index contributed by atoms with van der Waals surface area (Å²) >= 11 is 0. The summed E-state index contributed by atoms with van der Waals surface area (Å²) in [5, 5.41) is 0. The molecule has 0 unspecified atom stereocenters. The van der Waals surface area contributed by atoms with Gasteiger partial charge in [0.25, 0.3) is 5.92 Å². The Kier molecular flexibility index (Phi) is 6.41. The zero-order valence-electron chi connectivity index (χ0n) is 11.8. The van der Waals surface area contributed by atoms with Crippen molar-refractivity contribution < 1.29 is 74.6 Å². The molecule has 0 spiro atoms. The van der Waals surface area contributed by atoms with Gasteiger partial charge >= 0.3 is 42.2 Å². The molecular formula is C10H4F17. The topological polar surface area (TPSA) is 0 Å². The quantitative estimate of drug-likeness (QED) is 0.370. The fourth-order valence-electron chi connectivity index (χ4n) is 1.48. The summed E-state index contributed by atoms with van der Waals surface area (Å²) in [4.78, 5) is 0. The van der Waals surface area contributed by atoms with Crippen molar-refractivity contribution in [3.8, 4) is 0 Å². The third-order valence-electron chi connectivity index (χ3n) is 2.87. The van der Waals surface area contributed by atoms with E-state index in [4.69, 9.17) is 0 Å². The van der Waals surface area contributed by atoms with Crippen LogP contribution < -0.4 is 0 Å². The maximum absolute atomic E-state index is 13.0. The Bertz CT molecular complexity index is 512. The third kappa shape index (κ3) is 4.63. The summed E-state index contributed by atoms with van der Waals surface area (Å²) in [6.45, 7) is 0. The van der Waals surface area contributed by atoms with Crippen LogP contribution in [-0.2, 0) is 0 Å². The molecule has 0 rings (SSSR count). The number of alkyl halides is 15. The van der Waals surface area contributed by atoms with Crippen molar-refractivity contribution in [1.29, 1.82) is 0 Å². The lowest BCUT2D eigenvalue weighted by molar-refractivity contribution is -0.401. The van der Waals surface area contributed by atoms with E-state index in [0.717, 1.165) is 0 Å². The second-order valence-corrected chi connectivity index (χ2v) is 5.10. The molecule has 27 heavy (non-hydrogen) atoms. The summed E-state index contributed by atoms with van der Waals surface area (Å²) in [6.07, 6.45) is -20.1. The van der Waals surface area contributed by atoms with Crippen LogP contribution in [0.2, 0.25) is 0 Å². The van der Waals surface area contributed by atoms with E-state index in [0.29, 0.717) is 0 Å². The van der Waals surface area contributed by atoms with E-state index in [1.807, 2.05) is 0 Å². The van der Waals surface area contributed by atoms with Crippen molar-refractivity contribution in [1.82, 2.24) is 0 Å². The minimum Gasteiger partial charge on any atom is -0.206 e. The summed E-state index contributed by atoms with van der Waals surface area (Å²) < 4.78 is 211. The van der Waals surface area contributed by atoms with Crippen LogP contribution in [0, 0.1) is 6.43 Å². The Hall–Kier alpha value is -1.19. The van der Waals surface area contributed by atoms with Gasteiger partial charge < -0.3 is 0 Å². The molecule has 163 valence electrons. The molecular weight excluding hydrogens is 443 g/mol. The van der Waals surface area contributed by atoms with Gasteiger partial charge in [0.1, 0.15) is 0 Å². The van der Waals surface area contributed by atoms with Crippen molar-refractivity contribution in [3.63, 3.8) is 0 Å². The number of halogens is 17. The van der Waals surface area contributed by atoms with Gasteiger partial charge in [-0.3, -0.25) is 0 Å². The summed E-state index contributed by atoms with van der Waals surface area (Å²) in [6, 6.07) is 0. The van der Waals surface area contributed by atoms with Gasteiger partial charge in [-0.2, -0.15) is 65.9 Å². The van der Waals surface area contributed by atoms with Gasteiger partial charge in [0.15, 0.2) is 0 Å². The lowest BCUT2D eigenvalue weighted by atomic mass is 9.93. The minimum atomic E-state index is -7.63. The van der Waals surface area contributed by atoms with E-state index in [-0.39, 0.29) is 0 Å². The molecule has 0 heterocycles. The van der Waals surface area contributed by atoms with E-state index < -0.39 is 61.0 Å². The minimum absolute atomic E-state index is 3.99. The van der Waals surface area contributed by atoms with E-state index in [2.05, 4.69) is 0 Å². The molecule has 0 atom stereocenters. The largest absolute Gasteiger partial charge is 0.460 e. The molecule has 0 saturated carbocycles. The zero-order valence-corrected chi connectivity index (χ0v) is 11.8. The average Bonchev–Trinajstić information content (AvgIpc) is 2.33. The van der Waals surface area contributed by atoms with Crippen LogP contribution in [0.1, 0.15) is 12.8 Å². The Morgan fingerprint density at radius 1 is 0.481 bits per heavy atom. The van der Waals surface area contributed by atoms with Gasteiger partial charge in [-0.1, -0.05) is 0 Å². The Morgan fingerprint density at radius 2 is 0.815 bits per heavy atom. The lowest BCUT2D eigenvalue weighted by Gasteiger charge is -2.36. The first-order valence-electron chi connectivity index (χ1n) is 5.88. The van der Waals surface area contributed by atoms with E-state index in [1.54, 1.807) is 0 Å². The molecule has 0 aromatic carbocycles. The van der Waals surface area contributed by atoms with Crippen molar-refractivity contribution in [2.75, 3.05) is 0 Å². The van der Waals surface area contributed by atoms with Crippen LogP contribution >= 0.6 is 0 Å². The number of hydrogen-bond donors (Lipinski definition) is 0. The highest BCUT2D eigenvalue weighted by Crippen LogP contribution is 2.57. The normalized spacial score (nSPS) is 16.2. The predicted molar refractivity (Wildman–Crippen MR) is 50.4 cm³/mol. The molecule has 0 nitrogen and oxygen atoms in total. The maximum atomic E-state index is 13.0. The van der Waals surface area contributed by atoms with Crippen LogP contribution in [0.25, 0.3) is 0 Å². The van der Waals surface area contributed by atoms with Crippen LogP contribution in [0.15, 0.2) is 0 Å². The fraction of sp³-hybridized carbons (Fsp3) is 0.900. The average molecular weight is 447 g/mol. The molecule has 0 saturated heterocycles. The smallest absolute Gasteiger partial charge is 0.206 e. The van der Waals surface area contributed by atoms with Crippen LogP contribution in [0.5, 0.6) is 0 Å². The zero-order chi connectivity index (χ0) is 22.5. The van der Waals surface area contributed by atoms with Gasteiger partial charge in [-0.25, -0.2) is 8.78 Å². The first-order chi connectivity index (χ1) is 11.4. The molecule has 0 N–H and O–H groups in total. The fourth-order valence-corrected chi connectivity index (χ4v) is 1.48. The summed E-state index contributed by atoms with van der Waals surface area (Å²) in [5.41, 5.74) is 0. The van der Waals surface area contributed by atoms with Crippen LogP contribution in [0.4, 0.5) is 74.6 Å². The van der Waals surface area contributed by atoms with Crippen molar-refractivity contribution in [2.45, 2.75) is 54.6 Å². The summed E-state index contributed by atoms with van der Waals surface area (Å²) in [7, 11) is 0. The number of rotatable bonds is 8. The molecule has 1 radical (unpaired) electrons. The highest BCUT2D eigenvalue weighted by Gasteiger charge is 2.82. The van der Waals surface area contributed by atoms with Gasteiger partial charge in [-0.15, -0.1) is 0 Å². The molecule has 0 amide bonds. The SMILES string of the molecule is F[C](F)C(F)(F)C(F)(F)CC(F)(F)CC(F)(F)C(F)(F)C(F)(F)C(F)(F)F. The molecule has 0 aliphatic rings. The Labute approximate surface area is 137 Å². The van der Waals surface area contributed by atoms with E-state index >= 15 is 0 Å². The van der Waals surface area contributed by atoms with Crippen molar-refractivity contribution in [3.05, 3.63) is 6.43 Å².